The van der Waals surface area contributed by atoms with Crippen LogP contribution in [0.2, 0.25) is 0 Å². The van der Waals surface area contributed by atoms with Crippen molar-refractivity contribution in [2.75, 3.05) is 26.3 Å². The first-order valence-electron chi connectivity index (χ1n) is 7.94. The van der Waals surface area contributed by atoms with Crippen LogP contribution in [0.3, 0.4) is 0 Å². The lowest BCUT2D eigenvalue weighted by Crippen LogP contribution is -2.44. The molecular formula is C17H24N2O3. The SMILES string of the molecule is Cc1ccc(C2(NC(=O)N3C[C@@H](CO)[C@H](CO)C3)CC2)cc1. The van der Waals surface area contributed by atoms with Crippen LogP contribution in [0.1, 0.15) is 24.0 Å². The van der Waals surface area contributed by atoms with Crippen LogP contribution >= 0.6 is 0 Å². The van der Waals surface area contributed by atoms with Crippen molar-refractivity contribution < 1.29 is 15.0 Å². The molecule has 5 heteroatoms. The van der Waals surface area contributed by atoms with Crippen LogP contribution in [0, 0.1) is 18.8 Å². The first kappa shape index (κ1) is 15.3. The van der Waals surface area contributed by atoms with Gasteiger partial charge in [0.1, 0.15) is 0 Å². The van der Waals surface area contributed by atoms with E-state index in [2.05, 4.69) is 36.5 Å². The predicted octanol–water partition coefficient (Wildman–Crippen LogP) is 1.23. The Bertz CT molecular complexity index is 527. The molecule has 2 amide bonds. The van der Waals surface area contributed by atoms with Crippen molar-refractivity contribution in [3.63, 3.8) is 0 Å². The molecule has 0 radical (unpaired) electrons. The van der Waals surface area contributed by atoms with E-state index in [-0.39, 0.29) is 36.6 Å². The smallest absolute Gasteiger partial charge is 0.318 e. The molecule has 0 unspecified atom stereocenters. The van der Waals surface area contributed by atoms with Crippen molar-refractivity contribution in [2.24, 2.45) is 11.8 Å². The Hall–Kier alpha value is -1.59. The Kier molecular flexibility index (Phi) is 4.10. The second-order valence-corrected chi connectivity index (χ2v) is 6.67. The lowest BCUT2D eigenvalue weighted by Gasteiger charge is -2.23. The number of urea groups is 1. The Morgan fingerprint density at radius 2 is 1.73 bits per heavy atom. The lowest BCUT2D eigenvalue weighted by molar-refractivity contribution is 0.152. The van der Waals surface area contributed by atoms with Gasteiger partial charge in [0.2, 0.25) is 0 Å². The summed E-state index contributed by atoms with van der Waals surface area (Å²) in [4.78, 5) is 14.2. The third-order valence-corrected chi connectivity index (χ3v) is 5.03. The molecule has 1 heterocycles. The summed E-state index contributed by atoms with van der Waals surface area (Å²) >= 11 is 0. The Labute approximate surface area is 130 Å². The zero-order valence-corrected chi connectivity index (χ0v) is 13.0. The summed E-state index contributed by atoms with van der Waals surface area (Å²) in [5, 5.41) is 21.9. The van der Waals surface area contributed by atoms with E-state index in [0.29, 0.717) is 13.1 Å². The summed E-state index contributed by atoms with van der Waals surface area (Å²) in [5.74, 6) is -0.0458. The van der Waals surface area contributed by atoms with E-state index in [9.17, 15) is 15.0 Å². The maximum atomic E-state index is 12.5. The van der Waals surface area contributed by atoms with Gasteiger partial charge >= 0.3 is 6.03 Å². The van der Waals surface area contributed by atoms with Gasteiger partial charge in [-0.2, -0.15) is 0 Å². The predicted molar refractivity (Wildman–Crippen MR) is 83.3 cm³/mol. The van der Waals surface area contributed by atoms with Gasteiger partial charge in [-0.25, -0.2) is 4.79 Å². The highest BCUT2D eigenvalue weighted by Gasteiger charge is 2.47. The number of nitrogens with one attached hydrogen (secondary N) is 1. The average molecular weight is 304 g/mol. The number of hydrogen-bond donors (Lipinski definition) is 3. The average Bonchev–Trinajstić information content (AvgIpc) is 3.17. The highest BCUT2D eigenvalue weighted by Crippen LogP contribution is 2.45. The molecule has 1 saturated carbocycles. The number of benzene rings is 1. The lowest BCUT2D eigenvalue weighted by atomic mass is 9.98. The van der Waals surface area contributed by atoms with Crippen molar-refractivity contribution in [1.29, 1.82) is 0 Å². The van der Waals surface area contributed by atoms with Crippen LogP contribution in [0.15, 0.2) is 24.3 Å². The van der Waals surface area contributed by atoms with Crippen LogP contribution in [0.4, 0.5) is 4.79 Å². The van der Waals surface area contributed by atoms with E-state index >= 15 is 0 Å². The van der Waals surface area contributed by atoms with Crippen LogP contribution in [0.25, 0.3) is 0 Å². The van der Waals surface area contributed by atoms with Gasteiger partial charge in [0.05, 0.1) is 5.54 Å². The molecule has 1 saturated heterocycles. The van der Waals surface area contributed by atoms with E-state index in [1.807, 2.05) is 0 Å². The zero-order chi connectivity index (χ0) is 15.7. The van der Waals surface area contributed by atoms with Crippen molar-refractivity contribution >= 4 is 6.03 Å². The van der Waals surface area contributed by atoms with Crippen molar-refractivity contribution in [3.8, 4) is 0 Å². The van der Waals surface area contributed by atoms with Gasteiger partial charge in [0.25, 0.3) is 0 Å². The molecule has 5 nitrogen and oxygen atoms in total. The molecule has 2 atom stereocenters. The molecule has 1 aliphatic heterocycles. The topological polar surface area (TPSA) is 72.8 Å². The molecule has 2 aliphatic rings. The van der Waals surface area contributed by atoms with E-state index in [0.717, 1.165) is 18.4 Å². The number of likely N-dealkylation sites (tertiary alicyclic amines) is 1. The summed E-state index contributed by atoms with van der Waals surface area (Å²) in [5.41, 5.74) is 2.14. The largest absolute Gasteiger partial charge is 0.396 e. The molecule has 0 spiro atoms. The first-order valence-corrected chi connectivity index (χ1v) is 7.94. The summed E-state index contributed by atoms with van der Waals surface area (Å²) in [6.45, 7) is 3.10. The highest BCUT2D eigenvalue weighted by molar-refractivity contribution is 5.76. The molecule has 3 rings (SSSR count). The normalized spacial score (nSPS) is 26.0. The Morgan fingerprint density at radius 3 is 2.18 bits per heavy atom. The van der Waals surface area contributed by atoms with Gasteiger partial charge in [-0.3, -0.25) is 0 Å². The highest BCUT2D eigenvalue weighted by atomic mass is 16.3. The number of hydrogen-bond acceptors (Lipinski definition) is 3. The summed E-state index contributed by atoms with van der Waals surface area (Å²) in [6, 6.07) is 8.22. The standard InChI is InChI=1S/C17H24N2O3/c1-12-2-4-15(5-3-12)17(6-7-17)18-16(22)19-8-13(10-20)14(9-19)11-21/h2-5,13-14,20-21H,6-11H2,1H3,(H,18,22)/t13-,14-/m0/s1. The molecule has 1 aliphatic carbocycles. The van der Waals surface area contributed by atoms with Gasteiger partial charge in [-0.1, -0.05) is 29.8 Å². The van der Waals surface area contributed by atoms with Crippen LogP contribution in [-0.4, -0.2) is 47.4 Å². The number of aliphatic hydroxyl groups is 2. The fraction of sp³-hybridized carbons (Fsp3) is 0.588. The second-order valence-electron chi connectivity index (χ2n) is 6.67. The molecule has 0 bridgehead atoms. The number of aliphatic hydroxyl groups excluding tert-OH is 2. The van der Waals surface area contributed by atoms with E-state index in [1.165, 1.54) is 5.56 Å². The fourth-order valence-corrected chi connectivity index (χ4v) is 3.29. The van der Waals surface area contributed by atoms with Crippen molar-refractivity contribution in [2.45, 2.75) is 25.3 Å². The number of aryl methyl sites for hydroxylation is 1. The number of carbonyl (C=O) groups is 1. The minimum Gasteiger partial charge on any atom is -0.396 e. The third-order valence-electron chi connectivity index (χ3n) is 5.03. The fourth-order valence-electron chi connectivity index (χ4n) is 3.29. The molecule has 1 aromatic rings. The molecule has 0 aromatic heterocycles. The summed E-state index contributed by atoms with van der Waals surface area (Å²) in [7, 11) is 0. The molecule has 120 valence electrons. The van der Waals surface area contributed by atoms with Crippen molar-refractivity contribution in [1.82, 2.24) is 10.2 Å². The van der Waals surface area contributed by atoms with Gasteiger partial charge in [0, 0.05) is 38.1 Å². The molecule has 3 N–H and O–H groups in total. The molecular weight excluding hydrogens is 280 g/mol. The number of carbonyl (C=O) groups excluding carboxylic acids is 1. The van der Waals surface area contributed by atoms with E-state index in [1.54, 1.807) is 4.90 Å². The van der Waals surface area contributed by atoms with Gasteiger partial charge in [0.15, 0.2) is 0 Å². The molecule has 1 aromatic carbocycles. The van der Waals surface area contributed by atoms with Gasteiger partial charge in [-0.05, 0) is 25.3 Å². The second kappa shape index (κ2) is 5.89. The molecule has 2 fully saturated rings. The third kappa shape index (κ3) is 2.83. The number of rotatable bonds is 4. The zero-order valence-electron chi connectivity index (χ0n) is 13.0. The van der Waals surface area contributed by atoms with E-state index < -0.39 is 0 Å². The van der Waals surface area contributed by atoms with Crippen LogP contribution in [0.5, 0.6) is 0 Å². The van der Waals surface area contributed by atoms with Gasteiger partial charge in [-0.15, -0.1) is 0 Å². The Morgan fingerprint density at radius 1 is 1.18 bits per heavy atom. The number of nitrogens with zero attached hydrogens (tertiary/aromatic N) is 1. The first-order chi connectivity index (χ1) is 10.6. The maximum Gasteiger partial charge on any atom is 0.318 e. The summed E-state index contributed by atoms with van der Waals surface area (Å²) in [6.07, 6.45) is 1.92. The van der Waals surface area contributed by atoms with Gasteiger partial charge < -0.3 is 20.4 Å². The Balaban J connectivity index is 1.66. The van der Waals surface area contributed by atoms with Crippen LogP contribution < -0.4 is 5.32 Å². The maximum absolute atomic E-state index is 12.5. The van der Waals surface area contributed by atoms with Crippen LogP contribution in [-0.2, 0) is 5.54 Å². The van der Waals surface area contributed by atoms with Crippen molar-refractivity contribution in [3.05, 3.63) is 35.4 Å². The number of amides is 2. The summed E-state index contributed by atoms with van der Waals surface area (Å²) < 4.78 is 0. The molecule has 22 heavy (non-hydrogen) atoms. The minimum absolute atomic E-state index is 0.0120. The quantitative estimate of drug-likeness (QED) is 0.783. The minimum atomic E-state index is -0.225. The van der Waals surface area contributed by atoms with E-state index in [4.69, 9.17) is 0 Å². The monoisotopic (exact) mass is 304 g/mol.